The number of thiophene rings is 1. The van der Waals surface area contributed by atoms with Crippen molar-refractivity contribution in [1.82, 2.24) is 0 Å². The zero-order valence-electron chi connectivity index (χ0n) is 5.96. The second-order valence-corrected chi connectivity index (χ2v) is 3.55. The van der Waals surface area contributed by atoms with Crippen molar-refractivity contribution in [3.8, 4) is 0 Å². The molecule has 0 radical (unpaired) electrons. The van der Waals surface area contributed by atoms with Gasteiger partial charge < -0.3 is 9.90 Å². The average Bonchev–Trinajstić information content (AvgIpc) is 2.13. The molecule has 0 saturated carbocycles. The van der Waals surface area contributed by atoms with Crippen molar-refractivity contribution < 1.29 is 39.5 Å². The summed E-state index contributed by atoms with van der Waals surface area (Å²) in [5, 5.41) is 10.0. The Bertz CT molecular complexity index is 248. The summed E-state index contributed by atoms with van der Waals surface area (Å²) < 4.78 is 0.608. The van der Waals surface area contributed by atoms with Crippen LogP contribution in [0.3, 0.4) is 0 Å². The molecule has 0 spiro atoms. The summed E-state index contributed by atoms with van der Waals surface area (Å²) in [6.07, 6.45) is -0.0443. The van der Waals surface area contributed by atoms with E-state index in [4.69, 9.17) is 11.6 Å². The predicted molar refractivity (Wildman–Crippen MR) is 38.0 cm³/mol. The molecule has 0 aromatic carbocycles. The van der Waals surface area contributed by atoms with Gasteiger partial charge >= 0.3 is 29.6 Å². The number of hydrogen-bond acceptors (Lipinski definition) is 3. The van der Waals surface area contributed by atoms with Gasteiger partial charge in [0.1, 0.15) is 0 Å². The van der Waals surface area contributed by atoms with Crippen LogP contribution in [-0.2, 0) is 11.2 Å². The fraction of sp³-hybridized carbons (Fsp3) is 0.167. The van der Waals surface area contributed by atoms with Crippen LogP contribution in [0.2, 0.25) is 4.34 Å². The molecule has 2 nitrogen and oxygen atoms in total. The molecule has 0 amide bonds. The number of aliphatic carboxylic acids is 1. The van der Waals surface area contributed by atoms with Crippen LogP contribution in [0.5, 0.6) is 0 Å². The largest absolute Gasteiger partial charge is 1.00 e. The normalized spacial score (nSPS) is 8.82. The number of carboxylic acid groups (broad SMARTS) is 1. The van der Waals surface area contributed by atoms with Crippen molar-refractivity contribution in [3.05, 3.63) is 21.3 Å². The Hall–Kier alpha value is 0.460. The fourth-order valence-electron chi connectivity index (χ4n) is 0.589. The van der Waals surface area contributed by atoms with Gasteiger partial charge in [-0.05, 0) is 12.1 Å². The predicted octanol–water partition coefficient (Wildman–Crippen LogP) is -2.30. The van der Waals surface area contributed by atoms with E-state index in [0.717, 1.165) is 4.88 Å². The first-order chi connectivity index (χ1) is 4.68. The van der Waals surface area contributed by atoms with Gasteiger partial charge in [-0.2, -0.15) is 0 Å². The molecule has 0 N–H and O–H groups in total. The zero-order chi connectivity index (χ0) is 7.56. The van der Waals surface area contributed by atoms with Gasteiger partial charge in [-0.1, -0.05) is 11.6 Å². The van der Waals surface area contributed by atoms with Crippen molar-refractivity contribution in [1.29, 1.82) is 0 Å². The Morgan fingerprint density at radius 2 is 2.27 bits per heavy atom. The Balaban J connectivity index is 0.000001000. The van der Waals surface area contributed by atoms with Crippen molar-refractivity contribution in [2.45, 2.75) is 6.42 Å². The topological polar surface area (TPSA) is 40.1 Å². The zero-order valence-corrected chi connectivity index (χ0v) is 9.54. The summed E-state index contributed by atoms with van der Waals surface area (Å²) in [4.78, 5) is 10.8. The molecule has 1 heterocycles. The van der Waals surface area contributed by atoms with E-state index in [1.807, 2.05) is 0 Å². The molecular weight excluding hydrogens is 195 g/mol. The van der Waals surface area contributed by atoms with Crippen LogP contribution < -0.4 is 34.7 Å². The molecule has 0 aliphatic carbocycles. The Kier molecular flexibility index (Phi) is 5.38. The molecule has 1 rings (SSSR count). The van der Waals surface area contributed by atoms with E-state index in [1.165, 1.54) is 11.3 Å². The molecule has 11 heavy (non-hydrogen) atoms. The molecule has 0 aliphatic heterocycles. The van der Waals surface area contributed by atoms with Gasteiger partial charge in [0.05, 0.1) is 4.34 Å². The minimum Gasteiger partial charge on any atom is -0.550 e. The first-order valence-electron chi connectivity index (χ1n) is 2.62. The smallest absolute Gasteiger partial charge is 0.550 e. The van der Waals surface area contributed by atoms with Crippen molar-refractivity contribution in [2.24, 2.45) is 0 Å². The molecular formula is C6H4ClNaO2S. The van der Waals surface area contributed by atoms with Crippen LogP contribution in [0.1, 0.15) is 4.88 Å². The number of halogens is 1. The van der Waals surface area contributed by atoms with Gasteiger partial charge in [0.25, 0.3) is 0 Å². The van der Waals surface area contributed by atoms with E-state index >= 15 is 0 Å². The maximum absolute atomic E-state index is 10.0. The summed E-state index contributed by atoms with van der Waals surface area (Å²) in [7, 11) is 0. The van der Waals surface area contributed by atoms with Crippen LogP contribution in [-0.4, -0.2) is 5.97 Å². The first-order valence-corrected chi connectivity index (χ1v) is 3.82. The molecule has 0 saturated heterocycles. The van der Waals surface area contributed by atoms with Crippen molar-refractivity contribution in [2.75, 3.05) is 0 Å². The molecule has 0 atom stereocenters. The summed E-state index contributed by atoms with van der Waals surface area (Å²) in [6.45, 7) is 0. The third-order valence-electron chi connectivity index (χ3n) is 0.947. The SMILES string of the molecule is O=C([O-])Cc1ccc(Cl)s1.[Na+]. The number of carboxylic acids is 1. The maximum Gasteiger partial charge on any atom is 1.00 e. The number of hydrogen-bond donors (Lipinski definition) is 0. The maximum atomic E-state index is 10.0. The second-order valence-electron chi connectivity index (χ2n) is 1.75. The Morgan fingerprint density at radius 3 is 2.64 bits per heavy atom. The van der Waals surface area contributed by atoms with Crippen LogP contribution >= 0.6 is 22.9 Å². The quantitative estimate of drug-likeness (QED) is 0.502. The van der Waals surface area contributed by atoms with Crippen LogP contribution in [0.15, 0.2) is 12.1 Å². The first kappa shape index (κ1) is 11.5. The molecule has 0 fully saturated rings. The van der Waals surface area contributed by atoms with E-state index in [-0.39, 0.29) is 36.0 Å². The molecule has 0 aliphatic rings. The van der Waals surface area contributed by atoms with E-state index in [2.05, 4.69) is 0 Å². The minimum absolute atomic E-state index is 0. The Morgan fingerprint density at radius 1 is 1.64 bits per heavy atom. The fourth-order valence-corrected chi connectivity index (χ4v) is 1.66. The van der Waals surface area contributed by atoms with Crippen LogP contribution in [0, 0.1) is 0 Å². The third kappa shape index (κ3) is 4.13. The summed E-state index contributed by atoms with van der Waals surface area (Å²) in [5.41, 5.74) is 0. The molecule has 1 aromatic rings. The van der Waals surface area contributed by atoms with Crippen molar-refractivity contribution in [3.63, 3.8) is 0 Å². The van der Waals surface area contributed by atoms with Crippen LogP contribution in [0.25, 0.3) is 0 Å². The molecule has 0 unspecified atom stereocenters. The van der Waals surface area contributed by atoms with Crippen molar-refractivity contribution >= 4 is 28.9 Å². The molecule has 5 heteroatoms. The second kappa shape index (κ2) is 5.17. The molecule has 1 aromatic heterocycles. The standard InChI is InChI=1S/C6H5ClO2S.Na/c7-5-2-1-4(10-5)3-6(8)9;/h1-2H,3H2,(H,8,9);/q;+1/p-1. The van der Waals surface area contributed by atoms with E-state index in [0.29, 0.717) is 4.34 Å². The van der Waals surface area contributed by atoms with Gasteiger partial charge in [-0.3, -0.25) is 0 Å². The number of carbonyl (C=O) groups is 1. The van der Waals surface area contributed by atoms with E-state index in [9.17, 15) is 9.90 Å². The van der Waals surface area contributed by atoms with Gasteiger partial charge in [0.2, 0.25) is 0 Å². The third-order valence-corrected chi connectivity index (χ3v) is 2.18. The number of rotatable bonds is 2. The van der Waals surface area contributed by atoms with E-state index < -0.39 is 5.97 Å². The summed E-state index contributed by atoms with van der Waals surface area (Å²) in [6, 6.07) is 3.35. The van der Waals surface area contributed by atoms with E-state index in [1.54, 1.807) is 12.1 Å². The van der Waals surface area contributed by atoms with Crippen LogP contribution in [0.4, 0.5) is 0 Å². The van der Waals surface area contributed by atoms with Gasteiger partial charge in [0.15, 0.2) is 0 Å². The van der Waals surface area contributed by atoms with Gasteiger partial charge in [-0.25, -0.2) is 0 Å². The van der Waals surface area contributed by atoms with Gasteiger partial charge in [0, 0.05) is 17.3 Å². The minimum atomic E-state index is -1.07. The summed E-state index contributed by atoms with van der Waals surface area (Å²) in [5.74, 6) is -1.07. The monoisotopic (exact) mass is 198 g/mol. The number of carbonyl (C=O) groups excluding carboxylic acids is 1. The average molecular weight is 199 g/mol. The molecule has 0 bridgehead atoms. The van der Waals surface area contributed by atoms with Gasteiger partial charge in [-0.15, -0.1) is 11.3 Å². The Labute approximate surface area is 95.5 Å². The summed E-state index contributed by atoms with van der Waals surface area (Å²) >= 11 is 6.81. The molecule has 54 valence electrons.